The monoisotopic (exact) mass is 123 g/mol. The smallest absolute Gasteiger partial charge is 0.265 e. The summed E-state index contributed by atoms with van der Waals surface area (Å²) in [6, 6.07) is 0. The first-order valence-electron chi connectivity index (χ1n) is 2.67. The normalized spacial score (nSPS) is 26.7. The maximum Gasteiger partial charge on any atom is 0.273 e. The summed E-state index contributed by atoms with van der Waals surface area (Å²) in [7, 11) is 0. The van der Waals surface area contributed by atoms with Gasteiger partial charge in [-0.2, -0.15) is 9.78 Å². The molecular weight excluding hydrogens is 118 g/mol. The summed E-state index contributed by atoms with van der Waals surface area (Å²) in [5.74, 6) is -0.573. The SMILES string of the molecule is C1=CC2(C=CN=C1)OO2. The highest BCUT2D eigenvalue weighted by molar-refractivity contribution is 5.72. The lowest BCUT2D eigenvalue weighted by Crippen LogP contribution is -1.98. The zero-order chi connectivity index (χ0) is 6.16. The third-order valence-corrected chi connectivity index (χ3v) is 1.17. The van der Waals surface area contributed by atoms with E-state index < -0.39 is 5.79 Å². The van der Waals surface area contributed by atoms with Gasteiger partial charge in [0.2, 0.25) is 0 Å². The molecule has 0 radical (unpaired) electrons. The second-order valence-corrected chi connectivity index (χ2v) is 1.86. The maximum absolute atomic E-state index is 4.66. The minimum atomic E-state index is -0.573. The molecule has 0 amide bonds. The molecule has 3 nitrogen and oxygen atoms in total. The van der Waals surface area contributed by atoms with Gasteiger partial charge in [0.25, 0.3) is 5.79 Å². The van der Waals surface area contributed by atoms with Crippen LogP contribution in [0.3, 0.4) is 0 Å². The molecular formula is C6H5NO2. The summed E-state index contributed by atoms with van der Waals surface area (Å²) < 4.78 is 0. The average molecular weight is 123 g/mol. The van der Waals surface area contributed by atoms with Gasteiger partial charge in [-0.3, -0.25) is 4.99 Å². The van der Waals surface area contributed by atoms with Crippen LogP contribution >= 0.6 is 0 Å². The molecule has 2 heterocycles. The number of nitrogens with zero attached hydrogens (tertiary/aromatic N) is 1. The van der Waals surface area contributed by atoms with Gasteiger partial charge in [-0.05, 0) is 12.2 Å². The third kappa shape index (κ3) is 0.800. The molecule has 0 aromatic heterocycles. The molecule has 3 heteroatoms. The fourth-order valence-corrected chi connectivity index (χ4v) is 0.638. The molecule has 9 heavy (non-hydrogen) atoms. The van der Waals surface area contributed by atoms with E-state index in [0.717, 1.165) is 0 Å². The molecule has 1 spiro atoms. The van der Waals surface area contributed by atoms with E-state index >= 15 is 0 Å². The summed E-state index contributed by atoms with van der Waals surface area (Å²) >= 11 is 0. The van der Waals surface area contributed by atoms with Crippen LogP contribution in [0.25, 0.3) is 0 Å². The number of allylic oxidation sites excluding steroid dienone is 1. The summed E-state index contributed by atoms with van der Waals surface area (Å²) in [4.78, 5) is 13.2. The van der Waals surface area contributed by atoms with Gasteiger partial charge >= 0.3 is 0 Å². The van der Waals surface area contributed by atoms with E-state index in [4.69, 9.17) is 0 Å². The van der Waals surface area contributed by atoms with E-state index in [-0.39, 0.29) is 0 Å². The van der Waals surface area contributed by atoms with Crippen molar-refractivity contribution in [1.29, 1.82) is 0 Å². The van der Waals surface area contributed by atoms with Crippen molar-refractivity contribution in [3.63, 3.8) is 0 Å². The third-order valence-electron chi connectivity index (χ3n) is 1.17. The van der Waals surface area contributed by atoms with E-state index in [2.05, 4.69) is 14.8 Å². The molecule has 2 aliphatic heterocycles. The predicted octanol–water partition coefficient (Wildman–Crippen LogP) is 0.799. The zero-order valence-electron chi connectivity index (χ0n) is 4.65. The Balaban J connectivity index is 2.29. The lowest BCUT2D eigenvalue weighted by Gasteiger charge is -1.84. The van der Waals surface area contributed by atoms with E-state index in [1.165, 1.54) is 0 Å². The lowest BCUT2D eigenvalue weighted by atomic mass is 10.3. The van der Waals surface area contributed by atoms with Crippen molar-refractivity contribution in [3.05, 3.63) is 24.4 Å². The lowest BCUT2D eigenvalue weighted by molar-refractivity contribution is 0.0850. The Kier molecular flexibility index (Phi) is 0.831. The van der Waals surface area contributed by atoms with Crippen molar-refractivity contribution in [2.75, 3.05) is 0 Å². The minimum Gasteiger partial charge on any atom is -0.265 e. The van der Waals surface area contributed by atoms with Crippen LogP contribution in [0.5, 0.6) is 0 Å². The molecule has 0 bridgehead atoms. The Morgan fingerprint density at radius 3 is 2.89 bits per heavy atom. The summed E-state index contributed by atoms with van der Waals surface area (Å²) in [5.41, 5.74) is 0. The van der Waals surface area contributed by atoms with Crippen LogP contribution in [0, 0.1) is 0 Å². The molecule has 2 rings (SSSR count). The number of hydrogen-bond donors (Lipinski definition) is 0. The largest absolute Gasteiger partial charge is 0.273 e. The molecule has 0 unspecified atom stereocenters. The Bertz CT molecular complexity index is 183. The van der Waals surface area contributed by atoms with Gasteiger partial charge in [0.1, 0.15) is 0 Å². The topological polar surface area (TPSA) is 37.4 Å². The fourth-order valence-electron chi connectivity index (χ4n) is 0.638. The molecule has 46 valence electrons. The molecule has 0 N–H and O–H groups in total. The summed E-state index contributed by atoms with van der Waals surface area (Å²) in [5, 5.41) is 0. The Morgan fingerprint density at radius 2 is 2.11 bits per heavy atom. The van der Waals surface area contributed by atoms with Gasteiger partial charge in [0, 0.05) is 18.5 Å². The summed E-state index contributed by atoms with van der Waals surface area (Å²) in [6.07, 6.45) is 8.64. The van der Waals surface area contributed by atoms with E-state index in [1.807, 2.05) is 0 Å². The van der Waals surface area contributed by atoms with Crippen LogP contribution in [-0.2, 0) is 9.78 Å². The minimum absolute atomic E-state index is 0.573. The van der Waals surface area contributed by atoms with Crippen LogP contribution in [0.2, 0.25) is 0 Å². The van der Waals surface area contributed by atoms with Gasteiger partial charge in [0.15, 0.2) is 0 Å². The average Bonchev–Trinajstić information content (AvgIpc) is 2.64. The Morgan fingerprint density at radius 1 is 1.22 bits per heavy atom. The highest BCUT2D eigenvalue weighted by Crippen LogP contribution is 2.32. The highest BCUT2D eigenvalue weighted by atomic mass is 17.4. The van der Waals surface area contributed by atoms with Crippen LogP contribution in [0.4, 0.5) is 0 Å². The van der Waals surface area contributed by atoms with Crippen molar-refractivity contribution >= 4 is 6.21 Å². The molecule has 2 aliphatic rings. The molecule has 1 fully saturated rings. The number of hydrogen-bond acceptors (Lipinski definition) is 3. The van der Waals surface area contributed by atoms with Crippen LogP contribution < -0.4 is 0 Å². The number of rotatable bonds is 0. The van der Waals surface area contributed by atoms with Crippen molar-refractivity contribution < 1.29 is 9.78 Å². The first kappa shape index (κ1) is 4.90. The molecule has 0 atom stereocenters. The van der Waals surface area contributed by atoms with Crippen LogP contribution in [-0.4, -0.2) is 12.0 Å². The molecule has 0 aromatic carbocycles. The second kappa shape index (κ2) is 1.52. The van der Waals surface area contributed by atoms with Gasteiger partial charge < -0.3 is 0 Å². The second-order valence-electron chi connectivity index (χ2n) is 1.86. The van der Waals surface area contributed by atoms with Crippen LogP contribution in [0.15, 0.2) is 29.4 Å². The zero-order valence-corrected chi connectivity index (χ0v) is 4.65. The molecule has 1 saturated heterocycles. The van der Waals surface area contributed by atoms with Crippen molar-refractivity contribution in [2.45, 2.75) is 5.79 Å². The van der Waals surface area contributed by atoms with Crippen LogP contribution in [0.1, 0.15) is 0 Å². The fraction of sp³-hybridized carbons (Fsp3) is 0.167. The van der Waals surface area contributed by atoms with E-state index in [1.54, 1.807) is 30.6 Å². The molecule has 0 aromatic rings. The van der Waals surface area contributed by atoms with Crippen molar-refractivity contribution in [2.24, 2.45) is 4.99 Å². The maximum atomic E-state index is 4.66. The predicted molar refractivity (Wildman–Crippen MR) is 31.7 cm³/mol. The van der Waals surface area contributed by atoms with Gasteiger partial charge in [0.05, 0.1) is 0 Å². The van der Waals surface area contributed by atoms with Crippen molar-refractivity contribution in [1.82, 2.24) is 0 Å². The van der Waals surface area contributed by atoms with E-state index in [0.29, 0.717) is 0 Å². The van der Waals surface area contributed by atoms with Crippen molar-refractivity contribution in [3.8, 4) is 0 Å². The first-order chi connectivity index (χ1) is 4.41. The number of aliphatic imine (C=N–C) groups is 1. The standard InChI is InChI=1S/C6H5NO2/c1-2-6(8-9-6)3-5-7-4-1/h1-5H. The first-order valence-corrected chi connectivity index (χ1v) is 2.67. The van der Waals surface area contributed by atoms with Gasteiger partial charge in [-0.15, -0.1) is 0 Å². The van der Waals surface area contributed by atoms with E-state index in [9.17, 15) is 0 Å². The molecule has 0 aliphatic carbocycles. The Labute approximate surface area is 52.2 Å². The summed E-state index contributed by atoms with van der Waals surface area (Å²) in [6.45, 7) is 0. The Hall–Kier alpha value is -0.930. The molecule has 0 saturated carbocycles. The van der Waals surface area contributed by atoms with Gasteiger partial charge in [-0.25, -0.2) is 0 Å². The highest BCUT2D eigenvalue weighted by Gasteiger charge is 2.43. The van der Waals surface area contributed by atoms with Gasteiger partial charge in [-0.1, -0.05) is 0 Å². The quantitative estimate of drug-likeness (QED) is 0.353.